The molecule has 0 saturated heterocycles. The Kier molecular flexibility index (Phi) is 4.06. The van der Waals surface area contributed by atoms with Crippen LogP contribution >= 0.6 is 0 Å². The highest BCUT2D eigenvalue weighted by molar-refractivity contribution is 5.65. The largest absolute Gasteiger partial charge is 0.337 e. The molecule has 0 aliphatic carbocycles. The van der Waals surface area contributed by atoms with Crippen LogP contribution in [0.25, 0.3) is 11.3 Å². The van der Waals surface area contributed by atoms with Gasteiger partial charge in [0.05, 0.1) is 17.1 Å². The zero-order chi connectivity index (χ0) is 16.4. The van der Waals surface area contributed by atoms with Crippen molar-refractivity contribution in [2.75, 3.05) is 5.32 Å². The SMILES string of the molecule is Cc1nc(Nc2cn(C)nc2C(C)C)cc(-c2cccnc2)n1. The molecule has 118 valence electrons. The summed E-state index contributed by atoms with van der Waals surface area (Å²) >= 11 is 0. The van der Waals surface area contributed by atoms with Crippen molar-refractivity contribution in [1.29, 1.82) is 0 Å². The van der Waals surface area contributed by atoms with Crippen LogP contribution in [-0.4, -0.2) is 24.7 Å². The molecule has 0 bridgehead atoms. The lowest BCUT2D eigenvalue weighted by atomic mass is 10.1. The van der Waals surface area contributed by atoms with Crippen LogP contribution < -0.4 is 5.32 Å². The number of pyridine rings is 1. The number of nitrogens with one attached hydrogen (secondary N) is 1. The molecular weight excluding hydrogens is 288 g/mol. The Morgan fingerprint density at radius 1 is 1.22 bits per heavy atom. The molecule has 3 aromatic rings. The fourth-order valence-electron chi connectivity index (χ4n) is 2.46. The van der Waals surface area contributed by atoms with Crippen molar-refractivity contribution >= 4 is 11.5 Å². The molecule has 0 fully saturated rings. The minimum absolute atomic E-state index is 0.333. The zero-order valence-electron chi connectivity index (χ0n) is 13.8. The third-order valence-corrected chi connectivity index (χ3v) is 3.46. The van der Waals surface area contributed by atoms with Crippen molar-refractivity contribution in [3.8, 4) is 11.3 Å². The molecule has 0 saturated carbocycles. The first-order valence-electron chi connectivity index (χ1n) is 7.59. The van der Waals surface area contributed by atoms with Gasteiger partial charge in [-0.05, 0) is 25.0 Å². The summed E-state index contributed by atoms with van der Waals surface area (Å²) in [6.07, 6.45) is 5.52. The second-order valence-corrected chi connectivity index (χ2v) is 5.81. The van der Waals surface area contributed by atoms with Crippen LogP contribution in [0.5, 0.6) is 0 Å². The molecule has 0 aromatic carbocycles. The fourth-order valence-corrected chi connectivity index (χ4v) is 2.46. The molecule has 3 aromatic heterocycles. The third-order valence-electron chi connectivity index (χ3n) is 3.46. The lowest BCUT2D eigenvalue weighted by molar-refractivity contribution is 0.713. The highest BCUT2D eigenvalue weighted by Gasteiger charge is 2.13. The number of hydrogen-bond acceptors (Lipinski definition) is 5. The number of anilines is 2. The third kappa shape index (κ3) is 3.36. The number of nitrogens with zero attached hydrogens (tertiary/aromatic N) is 5. The highest BCUT2D eigenvalue weighted by atomic mass is 15.3. The Morgan fingerprint density at radius 2 is 2.04 bits per heavy atom. The fraction of sp³-hybridized carbons (Fsp3) is 0.294. The van der Waals surface area contributed by atoms with Crippen LogP contribution in [0.1, 0.15) is 31.3 Å². The van der Waals surface area contributed by atoms with E-state index in [2.05, 4.69) is 39.2 Å². The molecule has 23 heavy (non-hydrogen) atoms. The summed E-state index contributed by atoms with van der Waals surface area (Å²) in [7, 11) is 1.92. The number of aryl methyl sites for hydroxylation is 2. The molecule has 0 radical (unpaired) electrons. The average molecular weight is 308 g/mol. The summed E-state index contributed by atoms with van der Waals surface area (Å²) in [6, 6.07) is 5.82. The summed E-state index contributed by atoms with van der Waals surface area (Å²) < 4.78 is 1.81. The van der Waals surface area contributed by atoms with Gasteiger partial charge in [-0.2, -0.15) is 5.10 Å². The topological polar surface area (TPSA) is 68.5 Å². The maximum Gasteiger partial charge on any atom is 0.134 e. The molecular formula is C17H20N6. The molecule has 3 rings (SSSR count). The van der Waals surface area contributed by atoms with Crippen molar-refractivity contribution in [2.24, 2.45) is 7.05 Å². The van der Waals surface area contributed by atoms with Gasteiger partial charge in [0.2, 0.25) is 0 Å². The summed E-state index contributed by atoms with van der Waals surface area (Å²) in [6.45, 7) is 6.14. The van der Waals surface area contributed by atoms with Crippen molar-refractivity contribution in [2.45, 2.75) is 26.7 Å². The maximum atomic E-state index is 4.51. The van der Waals surface area contributed by atoms with Gasteiger partial charge >= 0.3 is 0 Å². The first kappa shape index (κ1) is 15.1. The molecule has 0 atom stereocenters. The van der Waals surface area contributed by atoms with Crippen LogP contribution in [0, 0.1) is 6.92 Å². The van der Waals surface area contributed by atoms with E-state index in [0.717, 1.165) is 28.5 Å². The first-order valence-corrected chi connectivity index (χ1v) is 7.59. The first-order chi connectivity index (χ1) is 11.0. The normalized spacial score (nSPS) is 11.0. The lowest BCUT2D eigenvalue weighted by Crippen LogP contribution is -2.01. The van der Waals surface area contributed by atoms with Gasteiger partial charge in [-0.15, -0.1) is 0 Å². The van der Waals surface area contributed by atoms with Crippen LogP contribution in [-0.2, 0) is 7.05 Å². The van der Waals surface area contributed by atoms with Crippen LogP contribution in [0.2, 0.25) is 0 Å². The van der Waals surface area contributed by atoms with Gasteiger partial charge in [-0.25, -0.2) is 9.97 Å². The van der Waals surface area contributed by atoms with Crippen LogP contribution in [0.4, 0.5) is 11.5 Å². The van der Waals surface area contributed by atoms with Gasteiger partial charge in [0.25, 0.3) is 0 Å². The Labute approximate surface area is 135 Å². The second kappa shape index (κ2) is 6.16. The van der Waals surface area contributed by atoms with Gasteiger partial charge < -0.3 is 5.32 Å². The standard InChI is InChI=1S/C17H20N6/c1-11(2)17-15(10-23(4)22-17)21-16-8-14(19-12(3)20-16)13-6-5-7-18-9-13/h5-11H,1-4H3,(H,19,20,21). The molecule has 0 aliphatic rings. The van der Waals surface area contributed by atoms with E-state index in [9.17, 15) is 0 Å². The zero-order valence-corrected chi connectivity index (χ0v) is 13.8. The molecule has 0 amide bonds. The number of hydrogen-bond donors (Lipinski definition) is 1. The number of aromatic nitrogens is 5. The summed E-state index contributed by atoms with van der Waals surface area (Å²) in [5.41, 5.74) is 3.81. The smallest absolute Gasteiger partial charge is 0.134 e. The molecule has 6 nitrogen and oxygen atoms in total. The lowest BCUT2D eigenvalue weighted by Gasteiger charge is -2.10. The Bertz CT molecular complexity index is 807. The van der Waals surface area contributed by atoms with E-state index >= 15 is 0 Å². The summed E-state index contributed by atoms with van der Waals surface area (Å²) in [5, 5.41) is 7.88. The molecule has 6 heteroatoms. The Morgan fingerprint density at radius 3 is 2.74 bits per heavy atom. The Balaban J connectivity index is 1.97. The average Bonchev–Trinajstić information content (AvgIpc) is 2.88. The van der Waals surface area contributed by atoms with Crippen LogP contribution in [0.15, 0.2) is 36.8 Å². The molecule has 0 spiro atoms. The van der Waals surface area contributed by atoms with Gasteiger partial charge in [0.1, 0.15) is 11.6 Å². The van der Waals surface area contributed by atoms with E-state index in [1.165, 1.54) is 0 Å². The molecule has 0 unspecified atom stereocenters. The van der Waals surface area contributed by atoms with Crippen molar-refractivity contribution in [1.82, 2.24) is 24.7 Å². The summed E-state index contributed by atoms with van der Waals surface area (Å²) in [4.78, 5) is 13.1. The minimum atomic E-state index is 0.333. The van der Waals surface area contributed by atoms with E-state index in [-0.39, 0.29) is 0 Å². The van der Waals surface area contributed by atoms with Gasteiger partial charge in [-0.1, -0.05) is 13.8 Å². The Hall–Kier alpha value is -2.76. The van der Waals surface area contributed by atoms with Gasteiger partial charge in [0.15, 0.2) is 0 Å². The maximum absolute atomic E-state index is 4.51. The predicted molar refractivity (Wildman–Crippen MR) is 90.6 cm³/mol. The molecule has 1 N–H and O–H groups in total. The monoisotopic (exact) mass is 308 g/mol. The predicted octanol–water partition coefficient (Wildman–Crippen LogP) is 3.45. The van der Waals surface area contributed by atoms with Crippen molar-refractivity contribution < 1.29 is 0 Å². The van der Waals surface area contributed by atoms with Gasteiger partial charge in [0, 0.05) is 37.3 Å². The number of rotatable bonds is 4. The minimum Gasteiger partial charge on any atom is -0.337 e. The van der Waals surface area contributed by atoms with E-state index < -0.39 is 0 Å². The highest BCUT2D eigenvalue weighted by Crippen LogP contribution is 2.26. The molecule has 0 aliphatic heterocycles. The van der Waals surface area contributed by atoms with Crippen molar-refractivity contribution in [3.05, 3.63) is 48.3 Å². The van der Waals surface area contributed by atoms with Crippen molar-refractivity contribution in [3.63, 3.8) is 0 Å². The molecule has 3 heterocycles. The van der Waals surface area contributed by atoms with E-state index in [4.69, 9.17) is 0 Å². The van der Waals surface area contributed by atoms with E-state index in [1.807, 2.05) is 43.0 Å². The van der Waals surface area contributed by atoms with Crippen LogP contribution in [0.3, 0.4) is 0 Å². The van der Waals surface area contributed by atoms with Gasteiger partial charge in [-0.3, -0.25) is 9.67 Å². The quantitative estimate of drug-likeness (QED) is 0.799. The second-order valence-electron chi connectivity index (χ2n) is 5.81. The van der Waals surface area contributed by atoms with E-state index in [0.29, 0.717) is 11.7 Å². The van der Waals surface area contributed by atoms with E-state index in [1.54, 1.807) is 12.4 Å². The summed E-state index contributed by atoms with van der Waals surface area (Å²) in [5.74, 6) is 1.80.